The molecule has 3 N–H and O–H groups in total. The predicted molar refractivity (Wildman–Crippen MR) is 96.8 cm³/mol. The van der Waals surface area contributed by atoms with Gasteiger partial charge in [-0.3, -0.25) is 0 Å². The first-order valence-electron chi connectivity index (χ1n) is 9.13. The van der Waals surface area contributed by atoms with E-state index in [1.807, 2.05) is 0 Å². The van der Waals surface area contributed by atoms with Crippen molar-refractivity contribution in [3.8, 4) is 0 Å². The lowest BCUT2D eigenvalue weighted by Crippen LogP contribution is -2.27. The van der Waals surface area contributed by atoms with Crippen LogP contribution in [0.2, 0.25) is 0 Å². The molecule has 0 bridgehead atoms. The summed E-state index contributed by atoms with van der Waals surface area (Å²) in [5.41, 5.74) is -0.458. The van der Waals surface area contributed by atoms with Gasteiger partial charge in [0.25, 0.3) is 0 Å². The minimum atomic E-state index is -4.45. The largest absolute Gasteiger partial charge is 0.416 e. The monoisotopic (exact) mass is 394 g/mol. The number of benzene rings is 1. The van der Waals surface area contributed by atoms with Crippen LogP contribution in [0.15, 0.2) is 30.6 Å². The minimum absolute atomic E-state index is 0.219. The summed E-state index contributed by atoms with van der Waals surface area (Å²) >= 11 is 0. The van der Waals surface area contributed by atoms with E-state index in [9.17, 15) is 18.3 Å². The molecule has 1 unspecified atom stereocenters. The van der Waals surface area contributed by atoms with Crippen molar-refractivity contribution in [2.45, 2.75) is 12.2 Å². The highest BCUT2D eigenvalue weighted by Crippen LogP contribution is 2.32. The normalized spacial score (nSPS) is 22.9. The molecule has 0 amide bonds. The topological polar surface area (TPSA) is 86.2 Å². The molecule has 1 aromatic carbocycles. The van der Waals surface area contributed by atoms with Crippen molar-refractivity contribution < 1.29 is 18.3 Å². The summed E-state index contributed by atoms with van der Waals surface area (Å²) in [4.78, 5) is 14.8. The molecule has 0 aliphatic carbocycles. The van der Waals surface area contributed by atoms with E-state index in [0.717, 1.165) is 38.3 Å². The summed E-state index contributed by atoms with van der Waals surface area (Å²) in [5, 5.41) is 16.0. The van der Waals surface area contributed by atoms with Crippen LogP contribution in [0.25, 0.3) is 0 Å². The molecule has 2 aromatic rings. The second-order valence-corrected chi connectivity index (χ2v) is 7.20. The van der Waals surface area contributed by atoms with Gasteiger partial charge in [0.05, 0.1) is 18.2 Å². The Kier molecular flexibility index (Phi) is 5.07. The van der Waals surface area contributed by atoms with Crippen LogP contribution in [0, 0.1) is 11.8 Å². The Labute approximate surface area is 160 Å². The number of nitrogens with zero attached hydrogens (tertiary/aromatic N) is 4. The molecular formula is C18H21F3N6O. The van der Waals surface area contributed by atoms with Gasteiger partial charge in [-0.05, 0) is 29.5 Å². The van der Waals surface area contributed by atoms with Crippen LogP contribution in [0.4, 0.5) is 25.1 Å². The zero-order valence-electron chi connectivity index (χ0n) is 15.0. The second kappa shape index (κ2) is 7.51. The van der Waals surface area contributed by atoms with E-state index in [2.05, 4.69) is 30.5 Å². The highest BCUT2D eigenvalue weighted by Gasteiger charge is 2.37. The number of aliphatic hydroxyl groups is 1. The van der Waals surface area contributed by atoms with Crippen molar-refractivity contribution in [3.63, 3.8) is 0 Å². The fourth-order valence-electron chi connectivity index (χ4n) is 3.85. The maximum atomic E-state index is 13.0. The molecular weight excluding hydrogens is 373 g/mol. The number of alkyl halides is 3. The molecule has 2 fully saturated rings. The van der Waals surface area contributed by atoms with Crippen LogP contribution in [-0.2, 0) is 6.18 Å². The first-order chi connectivity index (χ1) is 13.4. The Morgan fingerprint density at radius 3 is 2.64 bits per heavy atom. The summed E-state index contributed by atoms with van der Waals surface area (Å²) in [6.07, 6.45) is -3.07. The molecule has 3 heterocycles. The Hall–Kier alpha value is -2.46. The van der Waals surface area contributed by atoms with Crippen molar-refractivity contribution in [1.82, 2.24) is 20.3 Å². The summed E-state index contributed by atoms with van der Waals surface area (Å²) in [7, 11) is 0. The van der Waals surface area contributed by atoms with Gasteiger partial charge in [-0.1, -0.05) is 12.1 Å². The molecule has 28 heavy (non-hydrogen) atoms. The first-order valence-corrected chi connectivity index (χ1v) is 9.13. The van der Waals surface area contributed by atoms with Crippen molar-refractivity contribution in [3.05, 3.63) is 41.7 Å². The average Bonchev–Trinajstić information content (AvgIpc) is 3.28. The fourth-order valence-corrected chi connectivity index (χ4v) is 3.85. The van der Waals surface area contributed by atoms with Crippen LogP contribution >= 0.6 is 0 Å². The molecule has 150 valence electrons. The SMILES string of the molecule is OCC(Nc1ncnc(N2C[C@H]3CNC[C@H]3C2)n1)c1cccc(C(F)(F)F)c1. The smallest absolute Gasteiger partial charge is 0.394 e. The number of aromatic nitrogens is 3. The Bertz CT molecular complexity index is 821. The molecule has 0 saturated carbocycles. The Morgan fingerprint density at radius 1 is 1.21 bits per heavy atom. The second-order valence-electron chi connectivity index (χ2n) is 7.20. The number of anilines is 2. The standard InChI is InChI=1S/C18H21F3N6O/c19-18(20,21)14-3-1-2-11(4-14)15(9-28)25-16-23-10-24-17(26-16)27-7-12-5-22-6-13(12)8-27/h1-4,10,12-13,15,22,28H,5-9H2,(H,23,24,25,26)/t12-,13+,15?. The molecule has 10 heteroatoms. The van der Waals surface area contributed by atoms with E-state index in [1.165, 1.54) is 18.5 Å². The number of rotatable bonds is 5. The van der Waals surface area contributed by atoms with E-state index in [-0.39, 0.29) is 5.95 Å². The van der Waals surface area contributed by atoms with Crippen molar-refractivity contribution in [2.24, 2.45) is 11.8 Å². The Balaban J connectivity index is 1.50. The Morgan fingerprint density at radius 2 is 1.96 bits per heavy atom. The van der Waals surface area contributed by atoms with Gasteiger partial charge >= 0.3 is 6.18 Å². The lowest BCUT2D eigenvalue weighted by molar-refractivity contribution is -0.137. The van der Waals surface area contributed by atoms with E-state index >= 15 is 0 Å². The van der Waals surface area contributed by atoms with E-state index in [1.54, 1.807) is 0 Å². The van der Waals surface area contributed by atoms with Crippen LogP contribution < -0.4 is 15.5 Å². The third-order valence-electron chi connectivity index (χ3n) is 5.33. The molecule has 2 saturated heterocycles. The van der Waals surface area contributed by atoms with Gasteiger partial charge in [-0.15, -0.1) is 0 Å². The van der Waals surface area contributed by atoms with E-state index < -0.39 is 24.4 Å². The zero-order chi connectivity index (χ0) is 19.7. The summed E-state index contributed by atoms with van der Waals surface area (Å²) in [5.74, 6) is 1.90. The van der Waals surface area contributed by atoms with Gasteiger partial charge in [0.1, 0.15) is 6.33 Å². The third-order valence-corrected chi connectivity index (χ3v) is 5.33. The van der Waals surface area contributed by atoms with Gasteiger partial charge in [-0.25, -0.2) is 9.97 Å². The van der Waals surface area contributed by atoms with E-state index in [0.29, 0.717) is 23.3 Å². The van der Waals surface area contributed by atoms with Crippen molar-refractivity contribution in [2.75, 3.05) is 43.0 Å². The number of halogens is 3. The van der Waals surface area contributed by atoms with Crippen LogP contribution in [-0.4, -0.2) is 52.8 Å². The fraction of sp³-hybridized carbons (Fsp3) is 0.500. The number of aliphatic hydroxyl groups excluding tert-OH is 1. The lowest BCUT2D eigenvalue weighted by atomic mass is 10.0. The van der Waals surface area contributed by atoms with Crippen LogP contribution in [0.5, 0.6) is 0 Å². The molecule has 2 aliphatic heterocycles. The zero-order valence-corrected chi connectivity index (χ0v) is 15.0. The molecule has 3 atom stereocenters. The molecule has 0 spiro atoms. The summed E-state index contributed by atoms with van der Waals surface area (Å²) < 4.78 is 38.9. The molecule has 7 nitrogen and oxygen atoms in total. The minimum Gasteiger partial charge on any atom is -0.394 e. The van der Waals surface area contributed by atoms with Gasteiger partial charge in [-0.2, -0.15) is 18.2 Å². The molecule has 0 radical (unpaired) electrons. The third kappa shape index (κ3) is 3.88. The van der Waals surface area contributed by atoms with Crippen LogP contribution in [0.1, 0.15) is 17.2 Å². The van der Waals surface area contributed by atoms with E-state index in [4.69, 9.17) is 0 Å². The number of nitrogens with one attached hydrogen (secondary N) is 2. The molecule has 2 aliphatic rings. The number of hydrogen-bond acceptors (Lipinski definition) is 7. The molecule has 4 rings (SSSR count). The maximum Gasteiger partial charge on any atom is 0.416 e. The van der Waals surface area contributed by atoms with Crippen LogP contribution in [0.3, 0.4) is 0 Å². The average molecular weight is 394 g/mol. The quantitative estimate of drug-likeness (QED) is 0.712. The first kappa shape index (κ1) is 18.9. The highest BCUT2D eigenvalue weighted by molar-refractivity contribution is 5.40. The van der Waals surface area contributed by atoms with Gasteiger partial charge < -0.3 is 20.6 Å². The number of hydrogen-bond donors (Lipinski definition) is 3. The van der Waals surface area contributed by atoms with Gasteiger partial charge in [0.15, 0.2) is 0 Å². The highest BCUT2D eigenvalue weighted by atomic mass is 19.4. The maximum absolute atomic E-state index is 13.0. The lowest BCUT2D eigenvalue weighted by Gasteiger charge is -2.20. The van der Waals surface area contributed by atoms with Crippen molar-refractivity contribution in [1.29, 1.82) is 0 Å². The van der Waals surface area contributed by atoms with Gasteiger partial charge in [0, 0.05) is 26.2 Å². The summed E-state index contributed by atoms with van der Waals surface area (Å²) in [6, 6.07) is 4.10. The summed E-state index contributed by atoms with van der Waals surface area (Å²) in [6.45, 7) is 3.29. The predicted octanol–water partition coefficient (Wildman–Crippen LogP) is 1.69. The number of fused-ring (bicyclic) bond motifs is 1. The van der Waals surface area contributed by atoms with Gasteiger partial charge in [0.2, 0.25) is 11.9 Å². The van der Waals surface area contributed by atoms with Crippen molar-refractivity contribution >= 4 is 11.9 Å². The molecule has 1 aromatic heterocycles.